The standard InChI is InChI=1S/C80H116N20O23/c1-42(2)33-52(92-70(113)53(34-43(3)4)93-72(115)54(91-66(109)48(82)41-101)35-44-15-7-5-8-16-44)69(112)89-50(20-13-30-87-80(85)86)68(111)97-58(39-63(84)104)78(121)99-31-14-21-60(99)75(118)96-56(38-62(83)103)73(116)95-57(40-65(107)108)74(117)88-49(19-11-12-29-81)67(110)94-55(36-46-22-24-47(102)25-23-46)71(114)90-51(26-27-64(105)106)77(120)100-32-28-61(100)76(119)98-59(79(122)123)37-45-17-9-6-10-18-45/h5-10,15-18,22-25,42-43,48-61,101-102H,11-14,19-21,26-41,81-82H2,1-4H3,(H2,83,103)(H2,84,104)(H,88,117)(H,89,112)(H,90,114)(H,91,109)(H,92,113)(H,93,115)(H,94,110)(H,95,116)(H,96,118)(H,97,111)(H,98,119)(H,105,106)(H,107,108)(H,122,123)(H4,85,86,87)/t48-,49-,50-,51-,52-,53-,54-,55-,56-,57-,58-,59-,60-,61-/m0/s1. The van der Waals surface area contributed by atoms with Gasteiger partial charge in [-0.25, -0.2) is 4.79 Å². The molecule has 0 aliphatic carbocycles. The van der Waals surface area contributed by atoms with Gasteiger partial charge in [-0.1, -0.05) is 100 Å². The SMILES string of the molecule is CC(C)C[C@H](NC(=O)[C@H](CC(C)C)NC(=O)[C@H](Cc1ccccc1)NC(=O)[C@@H](N)CO)C(=O)N[C@@H](CCCNC(=N)N)C(=O)N[C@@H](CC(N)=O)C(=O)N1CCC[C@H]1C(=O)N[C@@H](CC(N)=O)C(=O)N[C@@H](CC(=O)O)C(=O)N[C@@H](CCCCN)C(=O)N[C@@H](Cc1ccc(O)cc1)C(=O)N[C@@H](CCC(=O)O)C(=O)N1CC[C@H]1C(=O)N[C@@H](Cc1ccccc1)C(=O)O. The Kier molecular flexibility index (Phi) is 41.2. The Balaban J connectivity index is 1.37. The van der Waals surface area contributed by atoms with E-state index in [4.69, 9.17) is 34.1 Å². The number of aliphatic hydroxyl groups excluding tert-OH is 1. The maximum absolute atomic E-state index is 14.8. The van der Waals surface area contributed by atoms with Gasteiger partial charge >= 0.3 is 17.9 Å². The summed E-state index contributed by atoms with van der Waals surface area (Å²) in [7, 11) is 0. The molecular weight excluding hydrogens is 1610 g/mol. The number of phenolic OH excluding ortho intramolecular Hbond substituents is 1. The average molecular weight is 1730 g/mol. The molecule has 0 radical (unpaired) electrons. The van der Waals surface area contributed by atoms with Gasteiger partial charge in [0.1, 0.15) is 90.3 Å². The van der Waals surface area contributed by atoms with E-state index in [0.717, 1.165) is 9.80 Å². The van der Waals surface area contributed by atoms with Gasteiger partial charge in [-0.3, -0.25) is 86.9 Å². The van der Waals surface area contributed by atoms with E-state index in [9.17, 15) is 112 Å². The van der Waals surface area contributed by atoms with E-state index in [0.29, 0.717) is 11.1 Å². The Morgan fingerprint density at radius 3 is 1.28 bits per heavy atom. The first-order valence-corrected chi connectivity index (χ1v) is 40.4. The van der Waals surface area contributed by atoms with Crippen LogP contribution in [0.25, 0.3) is 0 Å². The van der Waals surface area contributed by atoms with Crippen LogP contribution in [-0.2, 0) is 106 Å². The molecule has 43 heteroatoms. The predicted octanol–water partition coefficient (Wildman–Crippen LogP) is -5.68. The summed E-state index contributed by atoms with van der Waals surface area (Å²) in [5, 5.41) is 87.0. The molecule has 2 aliphatic heterocycles. The molecular formula is C80H116N20O23. The van der Waals surface area contributed by atoms with Gasteiger partial charge in [0.25, 0.3) is 0 Å². The highest BCUT2D eigenvalue weighted by atomic mass is 16.4. The van der Waals surface area contributed by atoms with E-state index >= 15 is 0 Å². The lowest BCUT2D eigenvalue weighted by molar-refractivity contribution is -0.152. The molecule has 0 saturated carbocycles. The Morgan fingerprint density at radius 1 is 0.431 bits per heavy atom. The molecule has 0 unspecified atom stereocenters. The molecule has 2 aliphatic rings. The van der Waals surface area contributed by atoms with Crippen LogP contribution in [0, 0.1) is 17.2 Å². The zero-order chi connectivity index (χ0) is 91.3. The summed E-state index contributed by atoms with van der Waals surface area (Å²) in [6.07, 6.45) is -5.53. The smallest absolute Gasteiger partial charge is 0.326 e. The molecule has 15 amide bonds. The van der Waals surface area contributed by atoms with Crippen LogP contribution in [0.5, 0.6) is 5.75 Å². The van der Waals surface area contributed by atoms with Crippen molar-refractivity contribution >= 4 is 112 Å². The number of aliphatic hydroxyl groups is 1. The molecule has 2 heterocycles. The largest absolute Gasteiger partial charge is 0.508 e. The Morgan fingerprint density at radius 2 is 0.821 bits per heavy atom. The summed E-state index contributed by atoms with van der Waals surface area (Å²) in [5.74, 6) is -21.9. The van der Waals surface area contributed by atoms with Crippen molar-refractivity contribution < 1.29 is 112 Å². The van der Waals surface area contributed by atoms with Crippen molar-refractivity contribution in [2.24, 2.45) is 40.5 Å². The first-order chi connectivity index (χ1) is 58.2. The second-order valence-electron chi connectivity index (χ2n) is 31.0. The Bertz CT molecular complexity index is 4200. The number of nitrogens with one attached hydrogen (secondary N) is 13. The zero-order valence-corrected chi connectivity index (χ0v) is 68.9. The first-order valence-electron chi connectivity index (χ1n) is 40.4. The number of carbonyl (C=O) groups is 18. The number of carboxylic acid groups (broad SMARTS) is 3. The van der Waals surface area contributed by atoms with E-state index < -0.39 is 242 Å². The van der Waals surface area contributed by atoms with Crippen LogP contribution in [0.3, 0.4) is 0 Å². The van der Waals surface area contributed by atoms with E-state index in [1.807, 2.05) is 0 Å². The second-order valence-corrected chi connectivity index (χ2v) is 31.0. The summed E-state index contributed by atoms with van der Waals surface area (Å²) in [5.41, 5.74) is 29.8. The molecule has 14 atom stereocenters. The number of hydrogen-bond donors (Lipinski definition) is 23. The van der Waals surface area contributed by atoms with Gasteiger partial charge in [0.05, 0.1) is 25.9 Å². The number of primary amides is 2. The third-order valence-corrected chi connectivity index (χ3v) is 20.0. The van der Waals surface area contributed by atoms with Crippen molar-refractivity contribution in [3.8, 4) is 5.75 Å². The molecule has 0 spiro atoms. The number of carbonyl (C=O) groups excluding carboxylic acids is 15. The van der Waals surface area contributed by atoms with Gasteiger partial charge in [-0.05, 0) is 118 Å². The molecule has 2 fully saturated rings. The second kappa shape index (κ2) is 50.3. The number of nitrogens with zero attached hydrogens (tertiary/aromatic N) is 2. The third-order valence-electron chi connectivity index (χ3n) is 20.0. The summed E-state index contributed by atoms with van der Waals surface area (Å²) in [6.45, 7) is 5.88. The fourth-order valence-electron chi connectivity index (χ4n) is 13.6. The number of guanidine groups is 1. The number of hydrogen-bond acceptors (Lipinski definition) is 23. The lowest BCUT2D eigenvalue weighted by Gasteiger charge is -2.42. The highest BCUT2D eigenvalue weighted by molar-refractivity contribution is 6.02. The average Bonchev–Trinajstić information content (AvgIpc) is 1.30. The topological polar surface area (TPSA) is 713 Å². The third kappa shape index (κ3) is 34.2. The zero-order valence-electron chi connectivity index (χ0n) is 68.9. The van der Waals surface area contributed by atoms with Crippen LogP contribution in [0.4, 0.5) is 0 Å². The van der Waals surface area contributed by atoms with Crippen molar-refractivity contribution in [2.75, 3.05) is 32.8 Å². The Hall–Kier alpha value is -12.9. The molecule has 3 aromatic carbocycles. The highest BCUT2D eigenvalue weighted by Gasteiger charge is 2.45. The monoisotopic (exact) mass is 1720 g/mol. The maximum Gasteiger partial charge on any atom is 0.326 e. The summed E-state index contributed by atoms with van der Waals surface area (Å²) >= 11 is 0. The molecule has 674 valence electrons. The van der Waals surface area contributed by atoms with Gasteiger partial charge in [0.2, 0.25) is 88.6 Å². The molecule has 3 aromatic rings. The van der Waals surface area contributed by atoms with Crippen LogP contribution < -0.4 is 92.5 Å². The van der Waals surface area contributed by atoms with Crippen LogP contribution in [0.15, 0.2) is 84.9 Å². The predicted molar refractivity (Wildman–Crippen MR) is 439 cm³/mol. The lowest BCUT2D eigenvalue weighted by atomic mass is 9.97. The summed E-state index contributed by atoms with van der Waals surface area (Å²) in [4.78, 5) is 250. The van der Waals surface area contributed by atoms with Gasteiger partial charge in [-0.2, -0.15) is 0 Å². The number of likely N-dealkylation sites (tertiary alicyclic amines) is 2. The number of unbranched alkanes of at least 4 members (excludes halogenated alkanes) is 1. The van der Waals surface area contributed by atoms with Crippen LogP contribution in [-0.4, -0.2) is 265 Å². The van der Waals surface area contributed by atoms with Crippen molar-refractivity contribution in [1.82, 2.24) is 73.6 Å². The van der Waals surface area contributed by atoms with E-state index in [-0.39, 0.29) is 126 Å². The van der Waals surface area contributed by atoms with Crippen molar-refractivity contribution in [2.45, 2.75) is 228 Å². The van der Waals surface area contributed by atoms with E-state index in [2.05, 4.69) is 63.8 Å². The van der Waals surface area contributed by atoms with Crippen LogP contribution in [0.1, 0.15) is 141 Å². The van der Waals surface area contributed by atoms with Crippen molar-refractivity contribution in [3.05, 3.63) is 102 Å². The lowest BCUT2D eigenvalue weighted by Crippen LogP contribution is -2.64. The summed E-state index contributed by atoms with van der Waals surface area (Å²) in [6, 6.07) is -0.537. The number of phenols is 1. The molecule has 0 aromatic heterocycles. The minimum absolute atomic E-state index is 0.00542. The molecule has 43 nitrogen and oxygen atoms in total. The number of rotatable bonds is 53. The molecule has 28 N–H and O–H groups in total. The fraction of sp³-hybridized carbons (Fsp3) is 0.537. The number of amides is 15. The normalized spacial score (nSPS) is 16.4. The van der Waals surface area contributed by atoms with Crippen LogP contribution >= 0.6 is 0 Å². The maximum atomic E-state index is 14.8. The number of carboxylic acids is 3. The quantitative estimate of drug-likeness (QED) is 0.0142. The molecule has 123 heavy (non-hydrogen) atoms. The van der Waals surface area contributed by atoms with Crippen LogP contribution in [0.2, 0.25) is 0 Å². The van der Waals surface area contributed by atoms with Crippen molar-refractivity contribution in [3.63, 3.8) is 0 Å². The van der Waals surface area contributed by atoms with Crippen molar-refractivity contribution in [1.29, 1.82) is 5.41 Å². The molecule has 5 rings (SSSR count). The Labute approximate surface area is 709 Å². The molecule has 0 bridgehead atoms. The van der Waals surface area contributed by atoms with Gasteiger partial charge in [0, 0.05) is 45.3 Å². The number of aromatic hydroxyl groups is 1. The number of aliphatic carboxylic acids is 3. The fourth-order valence-corrected chi connectivity index (χ4v) is 13.6. The number of benzene rings is 3. The highest BCUT2D eigenvalue weighted by Crippen LogP contribution is 2.24. The number of nitrogens with two attached hydrogens (primary N) is 5. The minimum Gasteiger partial charge on any atom is -0.508 e. The van der Waals surface area contributed by atoms with Gasteiger partial charge < -0.3 is 128 Å². The van der Waals surface area contributed by atoms with Gasteiger partial charge in [-0.15, -0.1) is 0 Å². The van der Waals surface area contributed by atoms with Gasteiger partial charge in [0.15, 0.2) is 5.96 Å². The first kappa shape index (κ1) is 101. The van der Waals surface area contributed by atoms with E-state index in [1.165, 1.54) is 24.3 Å². The van der Waals surface area contributed by atoms with E-state index in [1.54, 1.807) is 88.4 Å². The molecule has 2 saturated heterocycles. The minimum atomic E-state index is -2.16. The summed E-state index contributed by atoms with van der Waals surface area (Å²) < 4.78 is 0.